The second-order valence-electron chi connectivity index (χ2n) is 9.70. The van der Waals surface area contributed by atoms with Crippen molar-refractivity contribution in [3.05, 3.63) is 76.8 Å². The maximum absolute atomic E-state index is 13.9. The van der Waals surface area contributed by atoms with Gasteiger partial charge in [0.05, 0.1) is 10.6 Å². The molecule has 1 N–H and O–H groups in total. The first kappa shape index (κ1) is 24.7. The van der Waals surface area contributed by atoms with Crippen LogP contribution in [0.2, 0.25) is 5.02 Å². The van der Waals surface area contributed by atoms with Gasteiger partial charge in [0.1, 0.15) is 5.75 Å². The Labute approximate surface area is 216 Å². The Morgan fingerprint density at radius 3 is 2.47 bits per heavy atom. The molecule has 8 heteroatoms. The number of aliphatic carboxylic acids is 1. The van der Waals surface area contributed by atoms with Gasteiger partial charge in [0.25, 0.3) is 10.0 Å². The number of benzene rings is 3. The number of rotatable bonds is 6. The number of hydrogen-bond acceptors (Lipinski definition) is 4. The van der Waals surface area contributed by atoms with Gasteiger partial charge in [0.2, 0.25) is 0 Å². The van der Waals surface area contributed by atoms with Crippen LogP contribution in [-0.4, -0.2) is 32.6 Å². The summed E-state index contributed by atoms with van der Waals surface area (Å²) in [4.78, 5) is 11.0. The van der Waals surface area contributed by atoms with Gasteiger partial charge >= 0.3 is 5.97 Å². The summed E-state index contributed by atoms with van der Waals surface area (Å²) in [6.45, 7) is 1.65. The van der Waals surface area contributed by atoms with E-state index in [1.165, 1.54) is 12.1 Å². The number of nitrogens with zero attached hydrogens (tertiary/aromatic N) is 1. The molecule has 0 bridgehead atoms. The van der Waals surface area contributed by atoms with Crippen LogP contribution in [0.4, 0.5) is 5.69 Å². The van der Waals surface area contributed by atoms with Crippen LogP contribution < -0.4 is 9.04 Å². The average Bonchev–Trinajstić information content (AvgIpc) is 3.17. The molecule has 0 amide bonds. The van der Waals surface area contributed by atoms with Gasteiger partial charge in [-0.25, -0.2) is 13.2 Å². The normalized spacial score (nSPS) is 16.7. The molecule has 1 saturated carbocycles. The average molecular weight is 526 g/mol. The quantitative estimate of drug-likeness (QED) is 0.415. The first-order valence-corrected chi connectivity index (χ1v) is 13.9. The van der Waals surface area contributed by atoms with Gasteiger partial charge in [-0.15, -0.1) is 0 Å². The van der Waals surface area contributed by atoms with E-state index in [2.05, 4.69) is 6.07 Å². The fourth-order valence-electron chi connectivity index (χ4n) is 5.55. The molecule has 188 valence electrons. The first-order chi connectivity index (χ1) is 17.2. The highest BCUT2D eigenvalue weighted by Gasteiger charge is 2.47. The van der Waals surface area contributed by atoms with E-state index >= 15 is 0 Å². The third-order valence-corrected chi connectivity index (χ3v) is 9.33. The molecule has 3 aromatic carbocycles. The molecule has 3 aromatic rings. The number of hydrogen-bond donors (Lipinski definition) is 1. The van der Waals surface area contributed by atoms with Crippen molar-refractivity contribution in [2.75, 3.05) is 17.5 Å². The molecule has 0 aromatic heterocycles. The van der Waals surface area contributed by atoms with Crippen molar-refractivity contribution >= 4 is 33.3 Å². The Morgan fingerprint density at radius 1 is 1.03 bits per heavy atom. The molecule has 1 aliphatic heterocycles. The number of aryl methyl sites for hydroxylation is 1. The maximum atomic E-state index is 13.9. The van der Waals surface area contributed by atoms with Gasteiger partial charge in [-0.2, -0.15) is 0 Å². The molecule has 36 heavy (non-hydrogen) atoms. The lowest BCUT2D eigenvalue weighted by Gasteiger charge is -2.34. The fourth-order valence-corrected chi connectivity index (χ4v) is 7.40. The molecule has 5 rings (SSSR count). The Bertz CT molecular complexity index is 1430. The van der Waals surface area contributed by atoms with Crippen molar-refractivity contribution in [3.63, 3.8) is 0 Å². The van der Waals surface area contributed by atoms with Crippen LogP contribution in [0.15, 0.2) is 65.6 Å². The Kier molecular flexibility index (Phi) is 6.47. The van der Waals surface area contributed by atoms with Crippen molar-refractivity contribution in [1.29, 1.82) is 0 Å². The summed E-state index contributed by atoms with van der Waals surface area (Å²) in [6.07, 6.45) is 5.21. The second kappa shape index (κ2) is 9.45. The smallest absolute Gasteiger partial charge is 0.341 e. The number of ether oxygens (including phenoxy) is 1. The van der Waals surface area contributed by atoms with E-state index in [1.807, 2.05) is 36.4 Å². The summed E-state index contributed by atoms with van der Waals surface area (Å²) in [5, 5.41) is 9.54. The summed E-state index contributed by atoms with van der Waals surface area (Å²) in [5.74, 6) is -0.734. The molecule has 0 radical (unpaired) electrons. The SMILES string of the molecule is Cc1cc(S(=O)(=O)N2CC3(CCCCC3)c3cc(-c4cccc(Cl)c4)ccc32)ccc1OCC(=O)O. The predicted octanol–water partition coefficient (Wildman–Crippen LogP) is 6.19. The van der Waals surface area contributed by atoms with Crippen molar-refractivity contribution in [1.82, 2.24) is 0 Å². The van der Waals surface area contributed by atoms with Crippen LogP contribution in [-0.2, 0) is 20.2 Å². The molecular weight excluding hydrogens is 498 g/mol. The Hall–Kier alpha value is -3.03. The molecule has 1 fully saturated rings. The number of carboxylic acids is 1. The number of fused-ring (bicyclic) bond motifs is 2. The molecule has 1 aliphatic carbocycles. The van der Waals surface area contributed by atoms with E-state index in [4.69, 9.17) is 21.4 Å². The highest BCUT2D eigenvalue weighted by Crippen LogP contribution is 2.51. The zero-order valence-electron chi connectivity index (χ0n) is 20.0. The number of halogens is 1. The van der Waals surface area contributed by atoms with E-state index in [0.717, 1.165) is 54.5 Å². The highest BCUT2D eigenvalue weighted by atomic mass is 35.5. The monoisotopic (exact) mass is 525 g/mol. The third kappa shape index (κ3) is 4.46. The number of carboxylic acid groups (broad SMARTS) is 1. The number of anilines is 1. The van der Waals surface area contributed by atoms with Crippen LogP contribution in [0.5, 0.6) is 5.75 Å². The molecule has 0 unspecified atom stereocenters. The van der Waals surface area contributed by atoms with Crippen molar-refractivity contribution < 1.29 is 23.1 Å². The van der Waals surface area contributed by atoms with Gasteiger partial charge < -0.3 is 9.84 Å². The minimum Gasteiger partial charge on any atom is -0.482 e. The Balaban J connectivity index is 1.55. The van der Waals surface area contributed by atoms with Gasteiger partial charge in [-0.3, -0.25) is 4.31 Å². The predicted molar refractivity (Wildman–Crippen MR) is 140 cm³/mol. The standard InChI is InChI=1S/C28H28ClNO5S/c1-19-14-23(9-11-26(19)35-17-27(31)32)36(33,34)30-18-28(12-3-2-4-13-28)24-16-21(8-10-25(24)30)20-6-5-7-22(29)15-20/h5-11,14-16H,2-4,12-13,17-18H2,1H3,(H,31,32). The second-order valence-corrected chi connectivity index (χ2v) is 12.0. The first-order valence-electron chi connectivity index (χ1n) is 12.1. The molecule has 0 atom stereocenters. The van der Waals surface area contributed by atoms with E-state index < -0.39 is 22.6 Å². The molecule has 2 aliphatic rings. The van der Waals surface area contributed by atoms with Gasteiger partial charge in [0, 0.05) is 17.0 Å². The fraction of sp³-hybridized carbons (Fsp3) is 0.321. The zero-order chi connectivity index (χ0) is 25.5. The van der Waals surface area contributed by atoms with Gasteiger partial charge in [-0.05, 0) is 84.5 Å². The Morgan fingerprint density at radius 2 is 1.78 bits per heavy atom. The zero-order valence-corrected chi connectivity index (χ0v) is 21.6. The number of carbonyl (C=O) groups is 1. The third-order valence-electron chi connectivity index (χ3n) is 7.34. The summed E-state index contributed by atoms with van der Waals surface area (Å²) in [7, 11) is -3.84. The summed E-state index contributed by atoms with van der Waals surface area (Å²) in [6, 6.07) is 18.3. The van der Waals surface area contributed by atoms with E-state index in [0.29, 0.717) is 22.9 Å². The van der Waals surface area contributed by atoms with E-state index in [1.54, 1.807) is 17.3 Å². The van der Waals surface area contributed by atoms with Crippen LogP contribution in [0.25, 0.3) is 11.1 Å². The molecule has 1 spiro atoms. The van der Waals surface area contributed by atoms with Gasteiger partial charge in [0.15, 0.2) is 6.61 Å². The lowest BCUT2D eigenvalue weighted by Crippen LogP contribution is -2.38. The summed E-state index contributed by atoms with van der Waals surface area (Å²) < 4.78 is 34.7. The van der Waals surface area contributed by atoms with E-state index in [-0.39, 0.29) is 10.3 Å². The van der Waals surface area contributed by atoms with Crippen LogP contribution >= 0.6 is 11.6 Å². The summed E-state index contributed by atoms with van der Waals surface area (Å²) >= 11 is 6.24. The molecule has 6 nitrogen and oxygen atoms in total. The van der Waals surface area contributed by atoms with Crippen LogP contribution in [0.3, 0.4) is 0 Å². The molecule has 0 saturated heterocycles. The lowest BCUT2D eigenvalue weighted by atomic mass is 9.70. The number of sulfonamides is 1. The largest absolute Gasteiger partial charge is 0.482 e. The minimum absolute atomic E-state index is 0.167. The molecule has 1 heterocycles. The van der Waals surface area contributed by atoms with Crippen molar-refractivity contribution in [3.8, 4) is 16.9 Å². The maximum Gasteiger partial charge on any atom is 0.341 e. The minimum atomic E-state index is -3.84. The topological polar surface area (TPSA) is 83.9 Å². The molecular formula is C28H28ClNO5S. The highest BCUT2D eigenvalue weighted by molar-refractivity contribution is 7.92. The van der Waals surface area contributed by atoms with Crippen molar-refractivity contribution in [2.45, 2.75) is 49.3 Å². The van der Waals surface area contributed by atoms with Crippen LogP contribution in [0, 0.1) is 6.92 Å². The lowest BCUT2D eigenvalue weighted by molar-refractivity contribution is -0.139. The van der Waals surface area contributed by atoms with Crippen molar-refractivity contribution in [2.24, 2.45) is 0 Å². The summed E-state index contributed by atoms with van der Waals surface area (Å²) in [5.41, 5.74) is 4.20. The van der Waals surface area contributed by atoms with Crippen LogP contribution in [0.1, 0.15) is 43.2 Å². The van der Waals surface area contributed by atoms with Gasteiger partial charge in [-0.1, -0.05) is 49.1 Å². The van der Waals surface area contributed by atoms with E-state index in [9.17, 15) is 13.2 Å².